The lowest BCUT2D eigenvalue weighted by Crippen LogP contribution is -2.35. The maximum Gasteiger partial charge on any atom is 0.163 e. The molecule has 0 aromatic rings. The number of hydrogen-bond acceptors (Lipinski definition) is 1. The van der Waals surface area contributed by atoms with Gasteiger partial charge >= 0.3 is 0 Å². The largest absolute Gasteiger partial charge is 0.318 e. The Labute approximate surface area is 127 Å². The Kier molecular flexibility index (Phi) is 13.8. The maximum absolute atomic E-state index is 6.25. The van der Waals surface area contributed by atoms with Crippen LogP contribution in [0.1, 0.15) is 77.6 Å². The zero-order chi connectivity index (χ0) is 14.4. The lowest BCUT2D eigenvalue weighted by molar-refractivity contribution is 0.544. The minimum Gasteiger partial charge on any atom is -0.318 e. The second kappa shape index (κ2) is 13.4. The van der Waals surface area contributed by atoms with Gasteiger partial charge in [-0.05, 0) is 13.0 Å². The third-order valence-electron chi connectivity index (χ3n) is 3.50. The highest BCUT2D eigenvalue weighted by atomic mass is 35.6. The minimum absolute atomic E-state index is 1.05. The summed E-state index contributed by atoms with van der Waals surface area (Å²) in [7, 11) is -1.40. The Morgan fingerprint density at radius 2 is 1.16 bits per heavy atom. The fraction of sp³-hybridized carbons (Fsp3) is 1.00. The Morgan fingerprint density at radius 3 is 1.58 bits per heavy atom. The molecule has 0 aliphatic carbocycles. The lowest BCUT2D eigenvalue weighted by Gasteiger charge is -2.13. The molecule has 0 rings (SSSR count). The van der Waals surface area contributed by atoms with Crippen LogP contribution in [0.2, 0.25) is 13.1 Å². The molecule has 0 unspecified atom stereocenters. The summed E-state index contributed by atoms with van der Waals surface area (Å²) in [5.41, 5.74) is 0. The third kappa shape index (κ3) is 18.5. The second-order valence-corrected chi connectivity index (χ2v) is 13.3. The molecule has 0 bridgehead atoms. The van der Waals surface area contributed by atoms with Gasteiger partial charge in [-0.2, -0.15) is 11.1 Å². The van der Waals surface area contributed by atoms with E-state index in [2.05, 4.69) is 25.3 Å². The number of hydrogen-bond donors (Lipinski definition) is 1. The van der Waals surface area contributed by atoms with E-state index in [1.807, 2.05) is 0 Å². The van der Waals surface area contributed by atoms with Crippen LogP contribution in [-0.2, 0) is 0 Å². The van der Waals surface area contributed by atoms with Gasteiger partial charge in [0, 0.05) is 6.17 Å². The van der Waals surface area contributed by atoms with Crippen LogP contribution in [0.4, 0.5) is 0 Å². The van der Waals surface area contributed by atoms with Crippen molar-refractivity contribution in [3.63, 3.8) is 0 Å². The zero-order valence-electron chi connectivity index (χ0n) is 13.6. The molecule has 0 aliphatic rings. The van der Waals surface area contributed by atoms with Gasteiger partial charge < -0.3 is 5.32 Å². The number of halogens is 1. The minimum atomic E-state index is -1.40. The average Bonchev–Trinajstić information content (AvgIpc) is 2.34. The Bertz CT molecular complexity index is 180. The first-order chi connectivity index (χ1) is 9.06. The standard InChI is InChI=1S/C16H36ClNSi/c1-4-5-6-7-8-9-10-11-12-13-14-15-18-16-19(2,3)17/h18H,4-16H2,1-3H3. The van der Waals surface area contributed by atoms with Crippen LogP contribution in [0.3, 0.4) is 0 Å². The van der Waals surface area contributed by atoms with Crippen molar-refractivity contribution in [1.29, 1.82) is 0 Å². The fourth-order valence-corrected chi connectivity index (χ4v) is 3.35. The summed E-state index contributed by atoms with van der Waals surface area (Å²) in [5, 5.41) is 3.49. The Hall–Kier alpha value is 0.467. The first-order valence-electron chi connectivity index (χ1n) is 8.46. The number of nitrogens with one attached hydrogen (secondary N) is 1. The molecule has 0 atom stereocenters. The van der Waals surface area contributed by atoms with Gasteiger partial charge in [0.05, 0.1) is 0 Å². The molecule has 0 aromatic carbocycles. The SMILES string of the molecule is CCCCCCCCCCCCCNC[Si](C)(C)Cl. The normalized spacial score (nSPS) is 12.0. The van der Waals surface area contributed by atoms with Gasteiger partial charge in [-0.3, -0.25) is 0 Å². The van der Waals surface area contributed by atoms with Gasteiger partial charge in [-0.25, -0.2) is 0 Å². The van der Waals surface area contributed by atoms with Crippen molar-refractivity contribution in [2.75, 3.05) is 12.7 Å². The van der Waals surface area contributed by atoms with E-state index in [1.54, 1.807) is 0 Å². The van der Waals surface area contributed by atoms with Gasteiger partial charge in [0.25, 0.3) is 0 Å². The zero-order valence-corrected chi connectivity index (χ0v) is 15.3. The summed E-state index contributed by atoms with van der Waals surface area (Å²) in [4.78, 5) is 0. The molecule has 3 heteroatoms. The van der Waals surface area contributed by atoms with Crippen molar-refractivity contribution in [3.8, 4) is 0 Å². The Morgan fingerprint density at radius 1 is 0.737 bits per heavy atom. The van der Waals surface area contributed by atoms with E-state index < -0.39 is 7.38 Å². The predicted octanol–water partition coefficient (Wildman–Crippen LogP) is 5.87. The summed E-state index contributed by atoms with van der Waals surface area (Å²) in [5.74, 6) is 0. The van der Waals surface area contributed by atoms with E-state index in [-0.39, 0.29) is 0 Å². The van der Waals surface area contributed by atoms with Gasteiger partial charge in [-0.15, -0.1) is 0 Å². The molecule has 0 saturated carbocycles. The van der Waals surface area contributed by atoms with Crippen LogP contribution in [0, 0.1) is 0 Å². The van der Waals surface area contributed by atoms with Crippen molar-refractivity contribution >= 4 is 18.5 Å². The predicted molar refractivity (Wildman–Crippen MR) is 92.7 cm³/mol. The summed E-state index contributed by atoms with van der Waals surface area (Å²) in [6.45, 7) is 7.83. The van der Waals surface area contributed by atoms with Crippen LogP contribution in [0.5, 0.6) is 0 Å². The van der Waals surface area contributed by atoms with Gasteiger partial charge in [0.1, 0.15) is 0 Å². The average molecular weight is 306 g/mol. The molecule has 0 aliphatic heterocycles. The van der Waals surface area contributed by atoms with E-state index in [0.717, 1.165) is 12.7 Å². The van der Waals surface area contributed by atoms with E-state index in [9.17, 15) is 0 Å². The molecule has 19 heavy (non-hydrogen) atoms. The monoisotopic (exact) mass is 305 g/mol. The first-order valence-corrected chi connectivity index (χ1v) is 12.7. The van der Waals surface area contributed by atoms with Crippen LogP contribution in [0.15, 0.2) is 0 Å². The van der Waals surface area contributed by atoms with Crippen LogP contribution in [0.25, 0.3) is 0 Å². The molecule has 1 nitrogen and oxygen atoms in total. The molecule has 0 saturated heterocycles. The van der Waals surface area contributed by atoms with Crippen LogP contribution < -0.4 is 5.32 Å². The highest BCUT2D eigenvalue weighted by molar-refractivity contribution is 7.19. The number of unbranched alkanes of at least 4 members (excludes halogenated alkanes) is 10. The molecule has 0 aromatic heterocycles. The molecular formula is C16H36ClNSi. The molecule has 0 heterocycles. The molecule has 0 spiro atoms. The van der Waals surface area contributed by atoms with Crippen LogP contribution >= 0.6 is 11.1 Å². The maximum atomic E-state index is 6.25. The van der Waals surface area contributed by atoms with Crippen molar-refractivity contribution in [2.24, 2.45) is 0 Å². The highest BCUT2D eigenvalue weighted by Gasteiger charge is 2.15. The van der Waals surface area contributed by atoms with Crippen molar-refractivity contribution < 1.29 is 0 Å². The third-order valence-corrected chi connectivity index (χ3v) is 4.99. The van der Waals surface area contributed by atoms with Crippen molar-refractivity contribution in [1.82, 2.24) is 5.32 Å². The topological polar surface area (TPSA) is 12.0 Å². The molecule has 0 radical (unpaired) electrons. The van der Waals surface area contributed by atoms with E-state index in [0.29, 0.717) is 0 Å². The second-order valence-electron chi connectivity index (χ2n) is 6.43. The smallest absolute Gasteiger partial charge is 0.163 e. The quantitative estimate of drug-likeness (QED) is 0.240. The first kappa shape index (κ1) is 19.5. The molecule has 1 N–H and O–H groups in total. The van der Waals surface area contributed by atoms with Crippen LogP contribution in [-0.4, -0.2) is 20.1 Å². The summed E-state index contributed by atoms with van der Waals surface area (Å²) in [6, 6.07) is 0. The summed E-state index contributed by atoms with van der Waals surface area (Å²) in [6.07, 6.45) is 16.6. The molecular weight excluding hydrogens is 270 g/mol. The lowest BCUT2D eigenvalue weighted by atomic mass is 10.1. The van der Waals surface area contributed by atoms with E-state index in [4.69, 9.17) is 11.1 Å². The van der Waals surface area contributed by atoms with E-state index in [1.165, 1.54) is 70.6 Å². The molecule has 0 fully saturated rings. The van der Waals surface area contributed by atoms with Crippen molar-refractivity contribution in [3.05, 3.63) is 0 Å². The number of rotatable bonds is 14. The Balaban J connectivity index is 2.99. The molecule has 0 amide bonds. The fourth-order valence-electron chi connectivity index (χ4n) is 2.30. The highest BCUT2D eigenvalue weighted by Crippen LogP contribution is 2.11. The summed E-state index contributed by atoms with van der Waals surface area (Å²) >= 11 is 6.25. The summed E-state index contributed by atoms with van der Waals surface area (Å²) < 4.78 is 0. The van der Waals surface area contributed by atoms with Crippen molar-refractivity contribution in [2.45, 2.75) is 90.6 Å². The van der Waals surface area contributed by atoms with E-state index >= 15 is 0 Å². The molecule has 116 valence electrons. The van der Waals surface area contributed by atoms with Gasteiger partial charge in [0.15, 0.2) is 7.38 Å². The van der Waals surface area contributed by atoms with Gasteiger partial charge in [-0.1, -0.05) is 84.2 Å². The van der Waals surface area contributed by atoms with Gasteiger partial charge in [0.2, 0.25) is 0 Å².